The van der Waals surface area contributed by atoms with Crippen LogP contribution in [0.2, 0.25) is 0 Å². The molecule has 1 saturated carbocycles. The minimum Gasteiger partial charge on any atom is -0.481 e. The van der Waals surface area contributed by atoms with E-state index in [9.17, 15) is 9.90 Å². The van der Waals surface area contributed by atoms with Gasteiger partial charge in [-0.15, -0.1) is 0 Å². The van der Waals surface area contributed by atoms with Gasteiger partial charge in [0.05, 0.1) is 6.42 Å². The van der Waals surface area contributed by atoms with Crippen LogP contribution in [0, 0.1) is 5.41 Å². The zero-order chi connectivity index (χ0) is 14.8. The molecule has 108 valence electrons. The smallest absolute Gasteiger partial charge is 0.306 e. The Balaban J connectivity index is 2.43. The first-order valence-corrected chi connectivity index (χ1v) is 7.05. The molecule has 2 rings (SSSR count). The van der Waals surface area contributed by atoms with Gasteiger partial charge in [0.15, 0.2) is 0 Å². The molecule has 0 aliphatic heterocycles. The lowest BCUT2D eigenvalue weighted by atomic mass is 9.61. The topological polar surface area (TPSA) is 57.5 Å². The van der Waals surface area contributed by atoms with E-state index in [0.29, 0.717) is 0 Å². The van der Waals surface area contributed by atoms with Crippen LogP contribution in [0.25, 0.3) is 6.08 Å². The normalized spacial score (nSPS) is 27.4. The molecule has 1 aromatic rings. The molecule has 1 atom stereocenters. The second-order valence-corrected chi connectivity index (χ2v) is 6.25. The number of rotatable bonds is 3. The van der Waals surface area contributed by atoms with Gasteiger partial charge in [0.1, 0.15) is 5.60 Å². The zero-order valence-corrected chi connectivity index (χ0v) is 12.1. The maximum atomic E-state index is 11.2. The van der Waals surface area contributed by atoms with Crippen molar-refractivity contribution in [3.8, 4) is 0 Å². The Hall–Kier alpha value is -1.61. The second kappa shape index (κ2) is 5.41. The molecule has 0 radical (unpaired) electrons. The van der Waals surface area contributed by atoms with E-state index in [-0.39, 0.29) is 6.42 Å². The van der Waals surface area contributed by atoms with E-state index in [1.54, 1.807) is 0 Å². The average molecular weight is 274 g/mol. The first-order valence-electron chi connectivity index (χ1n) is 7.05. The fourth-order valence-corrected chi connectivity index (χ4v) is 3.08. The van der Waals surface area contributed by atoms with Crippen LogP contribution in [0.3, 0.4) is 0 Å². The van der Waals surface area contributed by atoms with Crippen molar-refractivity contribution in [2.45, 2.75) is 45.1 Å². The number of carboxylic acids is 1. The van der Waals surface area contributed by atoms with Crippen LogP contribution in [0.4, 0.5) is 0 Å². The van der Waals surface area contributed by atoms with Gasteiger partial charge in [0.25, 0.3) is 0 Å². The molecule has 0 saturated heterocycles. The number of hydrogen-bond acceptors (Lipinski definition) is 2. The number of carboxylic acid groups (broad SMARTS) is 1. The third-order valence-electron chi connectivity index (χ3n) is 4.45. The second-order valence-electron chi connectivity index (χ2n) is 6.25. The van der Waals surface area contributed by atoms with E-state index in [4.69, 9.17) is 5.11 Å². The van der Waals surface area contributed by atoms with Crippen molar-refractivity contribution >= 4 is 12.0 Å². The number of hydrogen-bond donors (Lipinski definition) is 2. The maximum absolute atomic E-state index is 11.2. The van der Waals surface area contributed by atoms with Gasteiger partial charge in [0.2, 0.25) is 0 Å². The molecule has 1 aliphatic rings. The van der Waals surface area contributed by atoms with Crippen molar-refractivity contribution in [1.29, 1.82) is 0 Å². The van der Waals surface area contributed by atoms with Crippen LogP contribution in [0.15, 0.2) is 35.9 Å². The van der Waals surface area contributed by atoms with Crippen molar-refractivity contribution in [3.63, 3.8) is 0 Å². The summed E-state index contributed by atoms with van der Waals surface area (Å²) < 4.78 is 0. The molecule has 0 amide bonds. The van der Waals surface area contributed by atoms with Crippen LogP contribution in [-0.2, 0) is 4.79 Å². The highest BCUT2D eigenvalue weighted by Gasteiger charge is 2.49. The molecule has 20 heavy (non-hydrogen) atoms. The molecule has 0 aromatic heterocycles. The van der Waals surface area contributed by atoms with Crippen LogP contribution >= 0.6 is 0 Å². The van der Waals surface area contributed by atoms with Crippen molar-refractivity contribution in [3.05, 3.63) is 41.5 Å². The van der Waals surface area contributed by atoms with Gasteiger partial charge in [-0.05, 0) is 35.8 Å². The van der Waals surface area contributed by atoms with Gasteiger partial charge in [0, 0.05) is 0 Å². The molecule has 1 unspecified atom stereocenters. The summed E-state index contributed by atoms with van der Waals surface area (Å²) in [5.41, 5.74) is 0.142. The SMILES string of the molecule is CC1(C)CCC/C(=C\c2ccccc2)C1(O)CC(=O)O. The third-order valence-corrected chi connectivity index (χ3v) is 4.45. The van der Waals surface area contributed by atoms with Crippen molar-refractivity contribution in [1.82, 2.24) is 0 Å². The Morgan fingerprint density at radius 3 is 2.55 bits per heavy atom. The summed E-state index contributed by atoms with van der Waals surface area (Å²) in [6.07, 6.45) is 4.28. The Bertz CT molecular complexity index is 516. The summed E-state index contributed by atoms with van der Waals surface area (Å²) in [5.74, 6) is -0.957. The molecular weight excluding hydrogens is 252 g/mol. The van der Waals surface area contributed by atoms with Gasteiger partial charge < -0.3 is 10.2 Å². The summed E-state index contributed by atoms with van der Waals surface area (Å²) in [4.78, 5) is 11.2. The Morgan fingerprint density at radius 2 is 1.95 bits per heavy atom. The largest absolute Gasteiger partial charge is 0.481 e. The summed E-state index contributed by atoms with van der Waals surface area (Å²) in [7, 11) is 0. The van der Waals surface area contributed by atoms with E-state index < -0.39 is 17.0 Å². The fourth-order valence-electron chi connectivity index (χ4n) is 3.08. The maximum Gasteiger partial charge on any atom is 0.306 e. The van der Waals surface area contributed by atoms with Crippen molar-refractivity contribution in [2.24, 2.45) is 5.41 Å². The van der Waals surface area contributed by atoms with Crippen LogP contribution in [0.1, 0.15) is 45.1 Å². The van der Waals surface area contributed by atoms with Crippen molar-refractivity contribution in [2.75, 3.05) is 0 Å². The van der Waals surface area contributed by atoms with E-state index in [1.165, 1.54) is 0 Å². The van der Waals surface area contributed by atoms with Crippen LogP contribution in [-0.4, -0.2) is 21.8 Å². The van der Waals surface area contributed by atoms with Crippen LogP contribution in [0.5, 0.6) is 0 Å². The molecular formula is C17H22O3. The van der Waals surface area contributed by atoms with Crippen LogP contribution < -0.4 is 0 Å². The van der Waals surface area contributed by atoms with E-state index >= 15 is 0 Å². The number of aliphatic hydroxyl groups is 1. The fraction of sp³-hybridized carbons (Fsp3) is 0.471. The summed E-state index contributed by atoms with van der Waals surface area (Å²) in [5, 5.41) is 20.2. The molecule has 1 fully saturated rings. The molecule has 0 bridgehead atoms. The summed E-state index contributed by atoms with van der Waals surface area (Å²) in [6, 6.07) is 9.76. The number of aliphatic carboxylic acids is 1. The highest BCUT2D eigenvalue weighted by atomic mass is 16.4. The average Bonchev–Trinajstić information content (AvgIpc) is 2.36. The summed E-state index contributed by atoms with van der Waals surface area (Å²) in [6.45, 7) is 3.90. The Morgan fingerprint density at radius 1 is 1.30 bits per heavy atom. The van der Waals surface area contributed by atoms with E-state index in [0.717, 1.165) is 30.4 Å². The van der Waals surface area contributed by atoms with Gasteiger partial charge in [-0.25, -0.2) is 0 Å². The van der Waals surface area contributed by atoms with E-state index in [2.05, 4.69) is 0 Å². The molecule has 0 spiro atoms. The highest BCUT2D eigenvalue weighted by molar-refractivity contribution is 5.71. The quantitative estimate of drug-likeness (QED) is 0.887. The monoisotopic (exact) mass is 274 g/mol. The number of benzene rings is 1. The Labute approximate surface area is 120 Å². The minimum atomic E-state index is -1.27. The minimum absolute atomic E-state index is 0.237. The predicted molar refractivity (Wildman–Crippen MR) is 79.3 cm³/mol. The van der Waals surface area contributed by atoms with Crippen molar-refractivity contribution < 1.29 is 15.0 Å². The lowest BCUT2D eigenvalue weighted by molar-refractivity contribution is -0.147. The standard InChI is InChI=1S/C17H22O3/c1-16(2)10-6-9-14(17(16,20)12-15(18)19)11-13-7-4-3-5-8-13/h3-5,7-8,11,20H,6,9-10,12H2,1-2H3,(H,18,19)/b14-11+. The van der Waals surface area contributed by atoms with Gasteiger partial charge >= 0.3 is 5.97 Å². The van der Waals surface area contributed by atoms with Gasteiger partial charge in [-0.1, -0.05) is 50.3 Å². The third kappa shape index (κ3) is 2.78. The molecule has 0 heterocycles. The molecule has 2 N–H and O–H groups in total. The first kappa shape index (κ1) is 14.8. The molecule has 1 aliphatic carbocycles. The Kier molecular flexibility index (Phi) is 4.00. The number of carbonyl (C=O) groups is 1. The first-order chi connectivity index (χ1) is 9.35. The predicted octanol–water partition coefficient (Wildman–Crippen LogP) is 3.49. The van der Waals surface area contributed by atoms with E-state index in [1.807, 2.05) is 50.3 Å². The lowest BCUT2D eigenvalue weighted by Gasteiger charge is -2.47. The molecule has 3 heteroatoms. The van der Waals surface area contributed by atoms with Gasteiger partial charge in [-0.2, -0.15) is 0 Å². The zero-order valence-electron chi connectivity index (χ0n) is 12.1. The van der Waals surface area contributed by atoms with Gasteiger partial charge in [-0.3, -0.25) is 4.79 Å². The molecule has 3 nitrogen and oxygen atoms in total. The lowest BCUT2D eigenvalue weighted by Crippen LogP contribution is -2.50. The molecule has 1 aromatic carbocycles. The highest BCUT2D eigenvalue weighted by Crippen LogP contribution is 2.49. The summed E-state index contributed by atoms with van der Waals surface area (Å²) >= 11 is 0.